The van der Waals surface area contributed by atoms with E-state index in [4.69, 9.17) is 22.6 Å². The molecular formula is C50H38BrClMgN4O3. The van der Waals surface area contributed by atoms with Gasteiger partial charge in [0.1, 0.15) is 6.07 Å². The second-order valence-corrected chi connectivity index (χ2v) is 13.1. The molecule has 7 nitrogen and oxygen atoms in total. The first-order chi connectivity index (χ1) is 28.3. The maximum atomic E-state index is 12.1. The Morgan fingerprint density at radius 1 is 0.700 bits per heavy atom. The molecule has 0 aliphatic rings. The Morgan fingerprint density at radius 2 is 1.25 bits per heavy atom. The molecule has 0 bridgehead atoms. The number of nitrogens with two attached hydrogens (primary N) is 1. The predicted octanol–water partition coefficient (Wildman–Crippen LogP) is 8.86. The van der Waals surface area contributed by atoms with Crippen LogP contribution in [-0.2, 0) is 4.74 Å². The Kier molecular flexibility index (Phi) is 18.1. The molecule has 0 aliphatic carbocycles. The number of anilines is 1. The Bertz CT molecular complexity index is 2840. The molecule has 10 heteroatoms. The largest absolute Gasteiger partial charge is 2.00 e. The van der Waals surface area contributed by atoms with Crippen molar-refractivity contribution in [2.24, 2.45) is 0 Å². The molecule has 292 valence electrons. The minimum Gasteiger partial charge on any atom is -1.00 e. The smallest absolute Gasteiger partial charge is 1.00 e. The van der Waals surface area contributed by atoms with Crippen molar-refractivity contribution in [3.63, 3.8) is 0 Å². The van der Waals surface area contributed by atoms with Crippen LogP contribution in [-0.4, -0.2) is 45.1 Å². The van der Waals surface area contributed by atoms with E-state index < -0.39 is 5.43 Å². The molecule has 0 fully saturated rings. The standard InChI is InChI=1S/C24H16N2O.C13H10N2.C10H7.C3H5ClO2.BrH.Mg/c27-24-25-22-13-12-19(16-6-2-1-3-7-16)15-21(22)23(26-24)20-11-10-17-8-4-5-9-18(17)14-20;14-9-12-8-11(6-7-13(12)15)10-4-2-1-3-5-10;1-2-6-10-8-4-3-7-9(10)5-1;1-2-6-3(4)5;;/h1-15H,(H,25,26,27);1-8H,15H2;1-3,5-8H;2H2,1H3;1H;/q;;-1;;;+2/p-1. The van der Waals surface area contributed by atoms with Gasteiger partial charge in [-0.15, -0.1) is 16.8 Å². The molecule has 1 aromatic heterocycles. The molecule has 60 heavy (non-hydrogen) atoms. The van der Waals surface area contributed by atoms with Crippen molar-refractivity contribution in [3.05, 3.63) is 204 Å². The summed E-state index contributed by atoms with van der Waals surface area (Å²) < 4.78 is 4.17. The van der Waals surface area contributed by atoms with Gasteiger partial charge >= 0.3 is 34.2 Å². The summed E-state index contributed by atoms with van der Waals surface area (Å²) in [5, 5.41) is 14.6. The van der Waals surface area contributed by atoms with Crippen LogP contribution in [0, 0.1) is 17.4 Å². The summed E-state index contributed by atoms with van der Waals surface area (Å²) in [5.74, 6) is 0. The van der Waals surface area contributed by atoms with Crippen LogP contribution in [0.1, 0.15) is 12.5 Å². The number of carbonyl (C=O) groups is 1. The summed E-state index contributed by atoms with van der Waals surface area (Å²) in [6.45, 7) is 2.04. The number of fused-ring (bicyclic) bond motifs is 3. The van der Waals surface area contributed by atoms with Gasteiger partial charge in [-0.1, -0.05) is 127 Å². The summed E-state index contributed by atoms with van der Waals surface area (Å²) in [4.78, 5) is 28.9. The van der Waals surface area contributed by atoms with E-state index in [2.05, 4.69) is 87.5 Å². The molecular weight excluding hydrogens is 844 g/mol. The van der Waals surface area contributed by atoms with Crippen LogP contribution >= 0.6 is 11.6 Å². The minimum absolute atomic E-state index is 0. The van der Waals surface area contributed by atoms with Crippen molar-refractivity contribution in [1.29, 1.82) is 5.26 Å². The van der Waals surface area contributed by atoms with E-state index in [1.165, 1.54) is 16.2 Å². The monoisotopic (exact) mass is 880 g/mol. The number of nitrogens with zero attached hydrogens (tertiary/aromatic N) is 2. The molecule has 0 spiro atoms. The number of nitrogen functional groups attached to an aromatic ring is 1. The molecule has 0 saturated carbocycles. The third kappa shape index (κ3) is 12.6. The number of halogens is 2. The number of benzene rings is 8. The van der Waals surface area contributed by atoms with Gasteiger partial charge in [0.2, 0.25) is 0 Å². The number of nitrogens with one attached hydrogen (secondary N) is 1. The fraction of sp³-hybridized carbons (Fsp3) is 0.0400. The molecule has 3 N–H and O–H groups in total. The number of hydrogen-bond acceptors (Lipinski definition) is 6. The quantitative estimate of drug-likeness (QED) is 0.0789. The molecule has 1 heterocycles. The van der Waals surface area contributed by atoms with E-state index in [9.17, 15) is 9.59 Å². The molecule has 0 unspecified atom stereocenters. The fourth-order valence-electron chi connectivity index (χ4n) is 6.17. The predicted molar refractivity (Wildman–Crippen MR) is 243 cm³/mol. The van der Waals surface area contributed by atoms with Gasteiger partial charge in [0.25, 0.3) is 0 Å². The average molecular weight is 883 g/mol. The second kappa shape index (κ2) is 23.3. The van der Waals surface area contributed by atoms with Crippen molar-refractivity contribution < 1.29 is 26.5 Å². The molecule has 8 aromatic carbocycles. The normalized spacial score (nSPS) is 9.82. The van der Waals surface area contributed by atoms with Gasteiger partial charge in [0, 0.05) is 28.2 Å². The zero-order valence-corrected chi connectivity index (χ0v) is 36.4. The first-order valence-corrected chi connectivity index (χ1v) is 18.8. The van der Waals surface area contributed by atoms with Gasteiger partial charge in [-0.3, -0.25) is 0 Å². The van der Waals surface area contributed by atoms with Gasteiger partial charge in [-0.25, -0.2) is 9.59 Å². The van der Waals surface area contributed by atoms with Crippen LogP contribution in [0.2, 0.25) is 0 Å². The molecule has 0 amide bonds. The topological polar surface area (TPSA) is 122 Å². The van der Waals surface area contributed by atoms with Crippen LogP contribution in [0.5, 0.6) is 0 Å². The Hall–Kier alpha value is -6.28. The van der Waals surface area contributed by atoms with E-state index in [-0.39, 0.29) is 45.7 Å². The number of ether oxygens (including phenoxy) is 1. The van der Waals surface area contributed by atoms with Crippen LogP contribution < -0.4 is 28.4 Å². The number of H-pyrrole nitrogens is 1. The number of rotatable bonds is 4. The average Bonchev–Trinajstić information content (AvgIpc) is 3.27. The first-order valence-electron chi connectivity index (χ1n) is 18.4. The number of nitriles is 1. The molecule has 0 saturated heterocycles. The van der Waals surface area contributed by atoms with Crippen molar-refractivity contribution in [3.8, 4) is 39.6 Å². The molecule has 0 aliphatic heterocycles. The maximum absolute atomic E-state index is 12.1. The number of carbonyl (C=O) groups excluding carboxylic acids is 1. The number of hydrogen-bond donors (Lipinski definition) is 2. The van der Waals surface area contributed by atoms with Gasteiger partial charge in [0.05, 0.1) is 23.4 Å². The van der Waals surface area contributed by atoms with E-state index in [0.29, 0.717) is 23.6 Å². The maximum Gasteiger partial charge on any atom is 2.00 e. The van der Waals surface area contributed by atoms with Crippen LogP contribution in [0.3, 0.4) is 0 Å². The summed E-state index contributed by atoms with van der Waals surface area (Å²) in [6.07, 6.45) is 0. The van der Waals surface area contributed by atoms with Gasteiger partial charge in [-0.2, -0.15) is 34.5 Å². The molecule has 9 aromatic rings. The number of aromatic nitrogens is 2. The summed E-state index contributed by atoms with van der Waals surface area (Å²) in [7, 11) is 0. The van der Waals surface area contributed by atoms with Crippen LogP contribution in [0.25, 0.3) is 66.0 Å². The van der Waals surface area contributed by atoms with E-state index in [0.717, 1.165) is 44.1 Å². The minimum atomic E-state index is -0.738. The molecule has 0 radical (unpaired) electrons. The van der Waals surface area contributed by atoms with E-state index in [1.54, 1.807) is 13.0 Å². The zero-order chi connectivity index (χ0) is 40.7. The summed E-state index contributed by atoms with van der Waals surface area (Å²) >= 11 is 4.72. The molecule has 9 rings (SSSR count). The van der Waals surface area contributed by atoms with Crippen molar-refractivity contribution in [2.45, 2.75) is 6.92 Å². The van der Waals surface area contributed by atoms with Crippen LogP contribution in [0.15, 0.2) is 187 Å². The zero-order valence-electron chi connectivity index (χ0n) is 32.7. The van der Waals surface area contributed by atoms with E-state index in [1.807, 2.05) is 115 Å². The third-order valence-electron chi connectivity index (χ3n) is 8.99. The first kappa shape index (κ1) is 46.4. The Morgan fingerprint density at radius 3 is 1.83 bits per heavy atom. The van der Waals surface area contributed by atoms with E-state index >= 15 is 0 Å². The summed E-state index contributed by atoms with van der Waals surface area (Å²) in [6, 6.07) is 65.5. The van der Waals surface area contributed by atoms with Gasteiger partial charge < -0.3 is 32.4 Å². The SMILES string of the molecule is CCOC(=O)Cl.N#Cc1cc(-c2ccccc2)ccc1N.O=c1nc(-c2ccc3ccccc3c2)c2cc(-c3ccccc3)ccc2[nH]1.[Br-].[Mg+2].[c-]1ccc2ccccc2c1. The second-order valence-electron chi connectivity index (χ2n) is 12.8. The van der Waals surface area contributed by atoms with Crippen molar-refractivity contribution in [2.75, 3.05) is 12.3 Å². The molecule has 0 atom stereocenters. The Labute approximate surface area is 380 Å². The fourth-order valence-corrected chi connectivity index (χ4v) is 6.28. The number of aromatic amines is 1. The van der Waals surface area contributed by atoms with Crippen molar-refractivity contribution in [1.82, 2.24) is 9.97 Å². The van der Waals surface area contributed by atoms with Gasteiger partial charge in [0.15, 0.2) is 0 Å². The van der Waals surface area contributed by atoms with Crippen LogP contribution in [0.4, 0.5) is 10.5 Å². The van der Waals surface area contributed by atoms with Gasteiger partial charge in [-0.05, 0) is 70.3 Å². The van der Waals surface area contributed by atoms with Crippen molar-refractivity contribution >= 4 is 78.2 Å². The third-order valence-corrected chi connectivity index (χ3v) is 9.10. The Balaban J connectivity index is 0.000000203. The summed E-state index contributed by atoms with van der Waals surface area (Å²) in [5.41, 5.74) is 12.4.